The second kappa shape index (κ2) is 14.2. The smallest absolute Gasteiger partial charge is 0.408 e. The molecule has 3 aliphatic heterocycles. The molecule has 4 N–H and O–H groups in total. The van der Waals surface area contributed by atoms with Gasteiger partial charge in [-0.2, -0.15) is 0 Å². The average molecular weight is 672 g/mol. The van der Waals surface area contributed by atoms with Crippen LogP contribution >= 0.6 is 0 Å². The van der Waals surface area contributed by atoms with Crippen LogP contribution < -0.4 is 21.4 Å². The number of aryl methyl sites for hydroxylation is 1. The highest BCUT2D eigenvalue weighted by Gasteiger charge is 2.54. The number of ketones is 1. The summed E-state index contributed by atoms with van der Waals surface area (Å²) in [5.41, 5.74) is 2.28. The Balaban J connectivity index is 1.42. The van der Waals surface area contributed by atoms with Crippen molar-refractivity contribution in [2.24, 2.45) is 5.41 Å². The predicted octanol–water partition coefficient (Wildman–Crippen LogP) is 2.41. The first-order valence-electron chi connectivity index (χ1n) is 16.6. The van der Waals surface area contributed by atoms with E-state index in [1.165, 1.54) is 11.0 Å². The molecule has 0 radical (unpaired) electrons. The number of alkyl carbamates (subject to hydrolysis) is 1. The molecule has 14 heteroatoms. The molecule has 1 spiro atoms. The number of Topliss-reactive ketones (excluding diaryl/α,β-unsaturated/α-hetero) is 1. The third kappa shape index (κ3) is 8.15. The molecule has 4 aliphatic rings. The Kier molecular flexibility index (Phi) is 10.4. The molecule has 3 fully saturated rings. The first kappa shape index (κ1) is 35.3. The normalized spacial score (nSPS) is 24.8. The number of likely N-dealkylation sites (tertiary alicyclic amines) is 1. The van der Waals surface area contributed by atoms with Crippen LogP contribution in [-0.4, -0.2) is 90.1 Å². The Labute approximate surface area is 279 Å². The van der Waals surface area contributed by atoms with Crippen LogP contribution in [-0.2, 0) is 33.5 Å². The zero-order valence-corrected chi connectivity index (χ0v) is 28.2. The molecule has 1 aromatic carbocycles. The summed E-state index contributed by atoms with van der Waals surface area (Å²) in [6.07, 6.45) is 3.36. The number of rotatable bonds is 11. The van der Waals surface area contributed by atoms with Crippen LogP contribution in [0, 0.1) is 18.2 Å². The fourth-order valence-corrected chi connectivity index (χ4v) is 6.12. The molecular weight excluding hydrogens is 625 g/mol. The van der Waals surface area contributed by atoms with E-state index in [2.05, 4.69) is 21.4 Å². The van der Waals surface area contributed by atoms with Gasteiger partial charge in [0.15, 0.2) is 0 Å². The summed E-state index contributed by atoms with van der Waals surface area (Å²) in [6, 6.07) is 1.35. The van der Waals surface area contributed by atoms with Crippen molar-refractivity contribution < 1.29 is 42.7 Å². The van der Waals surface area contributed by atoms with Crippen molar-refractivity contribution >= 4 is 35.3 Å². The van der Waals surface area contributed by atoms with Gasteiger partial charge in [-0.3, -0.25) is 29.5 Å². The predicted molar refractivity (Wildman–Crippen MR) is 171 cm³/mol. The molecular formula is C34H46FN5O8. The molecule has 0 bridgehead atoms. The Bertz CT molecular complexity index is 1470. The fourth-order valence-electron chi connectivity index (χ4n) is 6.12. The molecule has 13 nitrogen and oxygen atoms in total. The van der Waals surface area contributed by atoms with Gasteiger partial charge in [0, 0.05) is 24.4 Å². The van der Waals surface area contributed by atoms with Crippen LogP contribution in [0.2, 0.25) is 0 Å². The van der Waals surface area contributed by atoms with Gasteiger partial charge in [0.25, 0.3) is 5.91 Å². The quantitative estimate of drug-likeness (QED) is 0.259. The minimum atomic E-state index is -1.20. The number of halogens is 1. The minimum Gasteiger partial charge on any atom is -0.444 e. The molecule has 1 aliphatic carbocycles. The number of nitrogens with zero attached hydrogens (tertiary/aromatic N) is 1. The molecule has 1 aromatic rings. The van der Waals surface area contributed by atoms with Gasteiger partial charge in [-0.15, -0.1) is 0 Å². The van der Waals surface area contributed by atoms with Crippen LogP contribution in [0.15, 0.2) is 24.3 Å². The van der Waals surface area contributed by atoms with Gasteiger partial charge in [-0.05, 0) is 49.3 Å². The lowest BCUT2D eigenvalue weighted by molar-refractivity contribution is -0.144. The molecule has 2 saturated heterocycles. The number of hydroxylamine groups is 1. The Hall–Kier alpha value is -4.04. The maximum atomic E-state index is 14.4. The SMILES string of the molecule is CCC[C@H](NC(=O)[C@@H]1C[C@@]2(C=C(c3ccc(C)c(F)c3)NO2)CN1C(=O)[C@@H](NC(=O)O[C@H]1CCOC1)C(C)(C)C)C(=O)C(=O)NC1CC1. The lowest BCUT2D eigenvalue weighted by Gasteiger charge is -2.35. The summed E-state index contributed by atoms with van der Waals surface area (Å²) in [7, 11) is 0. The van der Waals surface area contributed by atoms with Crippen molar-refractivity contribution in [2.45, 2.75) is 109 Å². The van der Waals surface area contributed by atoms with E-state index in [-0.39, 0.29) is 32.0 Å². The second-order valence-electron chi connectivity index (χ2n) is 14.3. The zero-order chi connectivity index (χ0) is 34.8. The van der Waals surface area contributed by atoms with Crippen LogP contribution in [0.1, 0.15) is 77.3 Å². The minimum absolute atomic E-state index is 0.0164. The molecule has 5 atom stereocenters. The van der Waals surface area contributed by atoms with E-state index in [4.69, 9.17) is 14.3 Å². The maximum Gasteiger partial charge on any atom is 0.408 e. The topological polar surface area (TPSA) is 164 Å². The van der Waals surface area contributed by atoms with Crippen molar-refractivity contribution in [3.63, 3.8) is 0 Å². The summed E-state index contributed by atoms with van der Waals surface area (Å²) in [4.78, 5) is 74.5. The van der Waals surface area contributed by atoms with E-state index in [9.17, 15) is 28.4 Å². The van der Waals surface area contributed by atoms with Crippen molar-refractivity contribution in [1.29, 1.82) is 0 Å². The number of carbonyl (C=O) groups is 5. The summed E-state index contributed by atoms with van der Waals surface area (Å²) >= 11 is 0. The highest BCUT2D eigenvalue weighted by atomic mass is 19.1. The molecule has 0 unspecified atom stereocenters. The molecule has 4 amide bonds. The highest BCUT2D eigenvalue weighted by Crippen LogP contribution is 2.39. The van der Waals surface area contributed by atoms with E-state index in [0.717, 1.165) is 12.8 Å². The zero-order valence-electron chi connectivity index (χ0n) is 28.2. The molecule has 1 saturated carbocycles. The number of hydrogen-bond donors (Lipinski definition) is 4. The number of benzene rings is 1. The van der Waals surface area contributed by atoms with Crippen molar-refractivity contribution in [2.75, 3.05) is 19.8 Å². The first-order valence-corrected chi connectivity index (χ1v) is 16.6. The summed E-state index contributed by atoms with van der Waals surface area (Å²) in [6.45, 7) is 9.46. The largest absolute Gasteiger partial charge is 0.444 e. The number of amides is 4. The Morgan fingerprint density at radius 2 is 1.90 bits per heavy atom. The van der Waals surface area contributed by atoms with Gasteiger partial charge in [0.1, 0.15) is 29.6 Å². The van der Waals surface area contributed by atoms with E-state index >= 15 is 0 Å². The second-order valence-corrected chi connectivity index (χ2v) is 14.3. The van der Waals surface area contributed by atoms with Gasteiger partial charge in [0.05, 0.1) is 31.5 Å². The van der Waals surface area contributed by atoms with Crippen molar-refractivity contribution in [3.05, 3.63) is 41.2 Å². The molecule has 0 aromatic heterocycles. The van der Waals surface area contributed by atoms with Crippen LogP contribution in [0.25, 0.3) is 5.70 Å². The van der Waals surface area contributed by atoms with Gasteiger partial charge >= 0.3 is 6.09 Å². The summed E-state index contributed by atoms with van der Waals surface area (Å²) < 4.78 is 25.2. The van der Waals surface area contributed by atoms with Gasteiger partial charge < -0.3 is 30.3 Å². The molecule has 262 valence electrons. The number of ether oxygens (including phenoxy) is 2. The Morgan fingerprint density at radius 1 is 1.15 bits per heavy atom. The van der Waals surface area contributed by atoms with Gasteiger partial charge in [-0.1, -0.05) is 46.2 Å². The number of nitrogens with one attached hydrogen (secondary N) is 4. The van der Waals surface area contributed by atoms with Crippen molar-refractivity contribution in [1.82, 2.24) is 26.3 Å². The molecule has 5 rings (SSSR count). The van der Waals surface area contributed by atoms with Crippen LogP contribution in [0.3, 0.4) is 0 Å². The van der Waals surface area contributed by atoms with E-state index in [1.807, 2.05) is 6.92 Å². The average Bonchev–Trinajstić information content (AvgIpc) is 3.38. The summed E-state index contributed by atoms with van der Waals surface area (Å²) in [5, 5.41) is 8.11. The number of carbonyl (C=O) groups excluding carboxylic acids is 5. The van der Waals surface area contributed by atoms with Crippen LogP contribution in [0.4, 0.5) is 9.18 Å². The lowest BCUT2D eigenvalue weighted by atomic mass is 9.85. The van der Waals surface area contributed by atoms with E-state index in [0.29, 0.717) is 36.3 Å². The highest BCUT2D eigenvalue weighted by molar-refractivity contribution is 6.38. The first-order chi connectivity index (χ1) is 22.7. The van der Waals surface area contributed by atoms with Crippen molar-refractivity contribution in [3.8, 4) is 0 Å². The third-order valence-corrected chi connectivity index (χ3v) is 9.08. The monoisotopic (exact) mass is 671 g/mol. The number of hydrogen-bond acceptors (Lipinski definition) is 9. The molecule has 3 heterocycles. The standard InChI is InChI=1S/C34H46FN5O8/c1-6-7-24(27(41)30(43)36-21-10-11-21)37-29(42)26-16-34(15-25(39-48-34)20-9-8-19(2)23(35)14-20)18-40(26)31(44)28(33(3,4)5)38-32(45)47-22-12-13-46-17-22/h8-9,14-15,21-22,24,26,28,39H,6-7,10-13,16-18H2,1-5H3,(H,36,43)(H,37,42)(H,38,45)/t22-,24-,26-,28+,34-/m0/s1. The fraction of sp³-hybridized carbons (Fsp3) is 0.618. The Morgan fingerprint density at radius 3 is 2.52 bits per heavy atom. The summed E-state index contributed by atoms with van der Waals surface area (Å²) in [5.74, 6) is -3.11. The molecule has 48 heavy (non-hydrogen) atoms. The van der Waals surface area contributed by atoms with E-state index in [1.54, 1.807) is 45.9 Å². The van der Waals surface area contributed by atoms with Gasteiger partial charge in [0.2, 0.25) is 17.6 Å². The maximum absolute atomic E-state index is 14.4. The van der Waals surface area contributed by atoms with Gasteiger partial charge in [-0.25, -0.2) is 9.18 Å². The van der Waals surface area contributed by atoms with Crippen LogP contribution in [0.5, 0.6) is 0 Å². The third-order valence-electron chi connectivity index (χ3n) is 9.08. The van der Waals surface area contributed by atoms with E-state index < -0.39 is 70.7 Å². The lowest BCUT2D eigenvalue weighted by Crippen LogP contribution is -2.59.